The maximum Gasteiger partial charge on any atom is 0.261 e. The maximum atomic E-state index is 9.19. The van der Waals surface area contributed by atoms with Gasteiger partial charge in [-0.2, -0.15) is 13.5 Å². The average Bonchev–Trinajstić information content (AvgIpc) is 2.96. The molecule has 0 amide bonds. The van der Waals surface area contributed by atoms with Gasteiger partial charge in [-0.3, -0.25) is 9.23 Å². The molecule has 110 valence electrons. The van der Waals surface area contributed by atoms with Gasteiger partial charge in [0.05, 0.1) is 12.5 Å². The molecule has 0 unspecified atom stereocenters. The zero-order chi connectivity index (χ0) is 14.8. The molecule has 3 rings (SSSR count). The lowest BCUT2D eigenvalue weighted by atomic mass is 10.1. The van der Waals surface area contributed by atoms with Crippen LogP contribution in [0.4, 0.5) is 0 Å². The zero-order valence-corrected chi connectivity index (χ0v) is 12.1. The molecule has 0 radical (unpaired) electrons. The molecule has 2 aromatic heterocycles. The van der Waals surface area contributed by atoms with Gasteiger partial charge in [-0.25, -0.2) is 0 Å². The van der Waals surface area contributed by atoms with Crippen molar-refractivity contribution in [3.8, 4) is 11.5 Å². The van der Waals surface area contributed by atoms with Gasteiger partial charge in [0.15, 0.2) is 5.76 Å². The average molecular weight is 299 g/mol. The normalized spacial score (nSPS) is 14.3. The van der Waals surface area contributed by atoms with Gasteiger partial charge >= 0.3 is 0 Å². The van der Waals surface area contributed by atoms with Crippen LogP contribution in [0, 0.1) is 0 Å². The maximum absolute atomic E-state index is 9.19. The van der Waals surface area contributed by atoms with Crippen LogP contribution in [0.5, 0.6) is 0 Å². The minimum Gasteiger partial charge on any atom is -0.463 e. The highest BCUT2D eigenvalue weighted by Gasteiger charge is 2.21. The highest BCUT2D eigenvalue weighted by Crippen LogP contribution is 2.27. The number of fused-ring (bicyclic) bond motifs is 1. The first-order chi connectivity index (χ1) is 9.36. The van der Waals surface area contributed by atoms with Gasteiger partial charge < -0.3 is 9.73 Å². The van der Waals surface area contributed by atoms with Crippen LogP contribution in [0.2, 0.25) is 0 Å². The molecule has 0 spiro atoms. The van der Waals surface area contributed by atoms with Crippen molar-refractivity contribution in [2.24, 2.45) is 7.05 Å². The summed E-state index contributed by atoms with van der Waals surface area (Å²) in [5.74, 6) is 0.857. The molecule has 2 aromatic rings. The molecule has 8 heteroatoms. The molecule has 7 nitrogen and oxygen atoms in total. The lowest BCUT2D eigenvalue weighted by molar-refractivity contribution is 0.490. The molecular weight excluding hydrogens is 282 g/mol. The van der Waals surface area contributed by atoms with Crippen LogP contribution in [-0.2, 0) is 30.1 Å². The number of aryl methyl sites for hydroxylation is 1. The first-order valence-corrected chi connectivity index (χ1v) is 7.93. The summed E-state index contributed by atoms with van der Waals surface area (Å²) in [6, 6.07) is 3.85. The standard InChI is InChI=1S/C11H13N3O.CH4O3S/c1-14-9-4-5-12-7-8(9)11(13-14)10-3-2-6-15-10;1-5(2,3)4/h2-3,6,12H,4-5,7H2,1H3;1H3,(H,2,3,4). The lowest BCUT2D eigenvalue weighted by Gasteiger charge is -2.13. The number of aromatic nitrogens is 2. The molecule has 20 heavy (non-hydrogen) atoms. The summed E-state index contributed by atoms with van der Waals surface area (Å²) >= 11 is 0. The van der Waals surface area contributed by atoms with E-state index in [1.165, 1.54) is 11.3 Å². The Balaban J connectivity index is 0.000000257. The Morgan fingerprint density at radius 1 is 1.50 bits per heavy atom. The van der Waals surface area contributed by atoms with Crippen molar-refractivity contribution >= 4 is 10.1 Å². The number of nitrogens with zero attached hydrogens (tertiary/aromatic N) is 2. The van der Waals surface area contributed by atoms with Crippen LogP contribution < -0.4 is 5.32 Å². The van der Waals surface area contributed by atoms with Crippen LogP contribution in [0.25, 0.3) is 11.5 Å². The van der Waals surface area contributed by atoms with Crippen molar-refractivity contribution in [3.63, 3.8) is 0 Å². The molecule has 1 aliphatic heterocycles. The van der Waals surface area contributed by atoms with E-state index in [1.807, 2.05) is 23.9 Å². The van der Waals surface area contributed by atoms with E-state index < -0.39 is 10.1 Å². The number of furan rings is 1. The molecule has 0 aromatic carbocycles. The minimum atomic E-state index is -3.67. The first kappa shape index (κ1) is 14.8. The van der Waals surface area contributed by atoms with E-state index in [1.54, 1.807) is 6.26 Å². The topological polar surface area (TPSA) is 97.4 Å². The number of nitrogens with one attached hydrogen (secondary N) is 1. The number of hydrogen-bond donors (Lipinski definition) is 2. The van der Waals surface area contributed by atoms with Crippen molar-refractivity contribution < 1.29 is 17.4 Å². The molecule has 0 aliphatic carbocycles. The smallest absolute Gasteiger partial charge is 0.261 e. The highest BCUT2D eigenvalue weighted by atomic mass is 32.2. The minimum absolute atomic E-state index is 0.715. The summed E-state index contributed by atoms with van der Waals surface area (Å²) in [5.41, 5.74) is 3.57. The Morgan fingerprint density at radius 3 is 2.80 bits per heavy atom. The third kappa shape index (κ3) is 3.69. The molecule has 0 bridgehead atoms. The van der Waals surface area contributed by atoms with Gasteiger partial charge in [-0.1, -0.05) is 0 Å². The fourth-order valence-electron chi connectivity index (χ4n) is 2.13. The molecule has 0 fully saturated rings. The van der Waals surface area contributed by atoms with E-state index in [4.69, 9.17) is 8.97 Å². The fraction of sp³-hybridized carbons (Fsp3) is 0.417. The summed E-state index contributed by atoms with van der Waals surface area (Å²) < 4.78 is 33.2. The molecular formula is C12H17N3O4S. The van der Waals surface area contributed by atoms with Gasteiger partial charge in [-0.05, 0) is 12.1 Å². The predicted molar refractivity (Wildman–Crippen MR) is 73.8 cm³/mol. The predicted octanol–water partition coefficient (Wildman–Crippen LogP) is 0.830. The number of rotatable bonds is 1. The Hall–Kier alpha value is -1.64. The largest absolute Gasteiger partial charge is 0.463 e. The fourth-order valence-corrected chi connectivity index (χ4v) is 2.13. The summed E-state index contributed by atoms with van der Waals surface area (Å²) in [5, 5.41) is 7.88. The summed E-state index contributed by atoms with van der Waals surface area (Å²) in [6.07, 6.45) is 3.44. The Bertz CT molecular complexity index is 666. The van der Waals surface area contributed by atoms with Gasteiger partial charge in [0.1, 0.15) is 5.69 Å². The van der Waals surface area contributed by atoms with Gasteiger partial charge in [0, 0.05) is 37.8 Å². The Morgan fingerprint density at radius 2 is 2.20 bits per heavy atom. The Labute approximate surface area is 117 Å². The van der Waals surface area contributed by atoms with E-state index >= 15 is 0 Å². The van der Waals surface area contributed by atoms with E-state index in [0.717, 1.165) is 31.0 Å². The molecule has 3 heterocycles. The molecule has 2 N–H and O–H groups in total. The zero-order valence-electron chi connectivity index (χ0n) is 11.3. The Kier molecular flexibility index (Phi) is 4.26. The van der Waals surface area contributed by atoms with Crippen LogP contribution >= 0.6 is 0 Å². The molecule has 0 saturated heterocycles. The van der Waals surface area contributed by atoms with Gasteiger partial charge in [-0.15, -0.1) is 0 Å². The quantitative estimate of drug-likeness (QED) is 0.757. The second-order valence-electron chi connectivity index (χ2n) is 4.53. The van der Waals surface area contributed by atoms with Gasteiger partial charge in [0.2, 0.25) is 0 Å². The monoisotopic (exact) mass is 299 g/mol. The lowest BCUT2D eigenvalue weighted by Crippen LogP contribution is -2.24. The first-order valence-electron chi connectivity index (χ1n) is 6.08. The summed E-state index contributed by atoms with van der Waals surface area (Å²) in [6.45, 7) is 1.92. The summed E-state index contributed by atoms with van der Waals surface area (Å²) in [7, 11) is -1.67. The summed E-state index contributed by atoms with van der Waals surface area (Å²) in [4.78, 5) is 0. The molecule has 0 atom stereocenters. The van der Waals surface area contributed by atoms with Crippen molar-refractivity contribution in [1.82, 2.24) is 15.1 Å². The highest BCUT2D eigenvalue weighted by molar-refractivity contribution is 7.85. The van der Waals surface area contributed by atoms with E-state index in [2.05, 4.69) is 10.4 Å². The second kappa shape index (κ2) is 5.78. The third-order valence-corrected chi connectivity index (χ3v) is 2.87. The second-order valence-corrected chi connectivity index (χ2v) is 6.00. The van der Waals surface area contributed by atoms with Crippen molar-refractivity contribution in [2.75, 3.05) is 12.8 Å². The SMILES string of the molecule is CS(=O)(=O)O.Cn1nc(-c2ccco2)c2c1CCNC2. The van der Waals surface area contributed by atoms with Crippen molar-refractivity contribution in [2.45, 2.75) is 13.0 Å². The van der Waals surface area contributed by atoms with Crippen LogP contribution in [0.1, 0.15) is 11.3 Å². The van der Waals surface area contributed by atoms with E-state index in [-0.39, 0.29) is 0 Å². The van der Waals surface area contributed by atoms with Crippen molar-refractivity contribution in [1.29, 1.82) is 0 Å². The molecule has 0 saturated carbocycles. The molecule has 1 aliphatic rings. The van der Waals surface area contributed by atoms with Gasteiger partial charge in [0.25, 0.3) is 10.1 Å². The van der Waals surface area contributed by atoms with Crippen LogP contribution in [0.15, 0.2) is 22.8 Å². The van der Waals surface area contributed by atoms with E-state index in [9.17, 15) is 8.42 Å². The van der Waals surface area contributed by atoms with E-state index in [0.29, 0.717) is 6.26 Å². The van der Waals surface area contributed by atoms with Crippen LogP contribution in [-0.4, -0.2) is 35.6 Å². The number of hydrogen-bond acceptors (Lipinski definition) is 5. The third-order valence-electron chi connectivity index (χ3n) is 2.87. The van der Waals surface area contributed by atoms with Crippen molar-refractivity contribution in [3.05, 3.63) is 29.7 Å². The van der Waals surface area contributed by atoms with Crippen LogP contribution in [0.3, 0.4) is 0 Å².